The highest BCUT2D eigenvalue weighted by atomic mass is 15.1. The summed E-state index contributed by atoms with van der Waals surface area (Å²) < 4.78 is 2.46. The summed E-state index contributed by atoms with van der Waals surface area (Å²) in [6.07, 6.45) is 23.9. The summed E-state index contributed by atoms with van der Waals surface area (Å²) in [5.74, 6) is 2.19. The van der Waals surface area contributed by atoms with Crippen molar-refractivity contribution in [3.8, 4) is 0 Å². The second kappa shape index (κ2) is 14.4. The van der Waals surface area contributed by atoms with Gasteiger partial charge >= 0.3 is 0 Å². The van der Waals surface area contributed by atoms with Gasteiger partial charge in [0.2, 0.25) is 0 Å². The Morgan fingerprint density at radius 3 is 1.72 bits per heavy atom. The maximum Gasteiger partial charge on any atom is 0.257 e. The number of unbranched alkanes of at least 4 members (excludes halogenated alkanes) is 10. The van der Waals surface area contributed by atoms with Crippen molar-refractivity contribution in [1.29, 1.82) is 0 Å². The smallest absolute Gasteiger partial charge is 0.247 e. The summed E-state index contributed by atoms with van der Waals surface area (Å²) in [6.45, 7) is 9.19. The van der Waals surface area contributed by atoms with E-state index >= 15 is 0 Å². The molecular weight excluding hydrogens is 304 g/mol. The molecule has 0 radical (unpaired) electrons. The van der Waals surface area contributed by atoms with E-state index in [1.807, 2.05) is 0 Å². The number of hydrogen-bond donors (Lipinski definition) is 1. The van der Waals surface area contributed by atoms with Crippen molar-refractivity contribution >= 4 is 0 Å². The SMILES string of the molecule is CCCCCCCCC[C@H](CCCCCCC)c1[nH]cc[n+]1C(C)C. The van der Waals surface area contributed by atoms with Gasteiger partial charge in [-0.25, -0.2) is 9.55 Å². The molecule has 0 unspecified atom stereocenters. The molecule has 2 nitrogen and oxygen atoms in total. The van der Waals surface area contributed by atoms with Gasteiger partial charge in [-0.1, -0.05) is 90.9 Å². The average Bonchev–Trinajstić information content (AvgIpc) is 3.09. The molecule has 1 heterocycles. The van der Waals surface area contributed by atoms with Gasteiger partial charge in [0.1, 0.15) is 12.4 Å². The molecule has 0 spiro atoms. The fraction of sp³-hybridized carbons (Fsp3) is 0.870. The molecule has 25 heavy (non-hydrogen) atoms. The van der Waals surface area contributed by atoms with Crippen LogP contribution in [0, 0.1) is 0 Å². The third-order valence-corrected chi connectivity index (χ3v) is 5.50. The lowest BCUT2D eigenvalue weighted by molar-refractivity contribution is -0.723. The number of H-pyrrole nitrogens is 1. The van der Waals surface area contributed by atoms with Crippen LogP contribution in [0.2, 0.25) is 0 Å². The molecular formula is C23H45N2+. The number of aromatic amines is 1. The quantitative estimate of drug-likeness (QED) is 0.236. The number of hydrogen-bond acceptors (Lipinski definition) is 0. The van der Waals surface area contributed by atoms with Gasteiger partial charge in [0.15, 0.2) is 0 Å². The van der Waals surface area contributed by atoms with Crippen molar-refractivity contribution in [2.45, 2.75) is 130 Å². The van der Waals surface area contributed by atoms with Crippen LogP contribution < -0.4 is 4.57 Å². The third kappa shape index (κ3) is 9.47. The van der Waals surface area contributed by atoms with Crippen LogP contribution in [0.3, 0.4) is 0 Å². The van der Waals surface area contributed by atoms with Crippen LogP contribution in [-0.2, 0) is 0 Å². The molecule has 0 aromatic carbocycles. The van der Waals surface area contributed by atoms with E-state index in [2.05, 4.69) is 49.6 Å². The van der Waals surface area contributed by atoms with Gasteiger partial charge in [-0.05, 0) is 26.7 Å². The standard InChI is InChI=1S/C23H44N2/c1-5-7-9-11-12-14-16-18-22(17-15-13-10-8-6-2)23-24-19-20-25(23)21(3)4/h19-22H,5-18H2,1-4H3/p+1/t22-/m0/s1. The summed E-state index contributed by atoms with van der Waals surface area (Å²) in [5.41, 5.74) is 0. The average molecular weight is 350 g/mol. The molecule has 1 aromatic rings. The molecule has 146 valence electrons. The van der Waals surface area contributed by atoms with Gasteiger partial charge in [-0.2, -0.15) is 0 Å². The van der Waals surface area contributed by atoms with Crippen LogP contribution in [0.1, 0.15) is 135 Å². The van der Waals surface area contributed by atoms with Gasteiger partial charge in [0.25, 0.3) is 5.82 Å². The molecule has 0 amide bonds. The van der Waals surface area contributed by atoms with Crippen LogP contribution in [0.25, 0.3) is 0 Å². The van der Waals surface area contributed by atoms with E-state index in [0.717, 1.165) is 5.92 Å². The van der Waals surface area contributed by atoms with Gasteiger partial charge in [-0.15, -0.1) is 0 Å². The van der Waals surface area contributed by atoms with Crippen molar-refractivity contribution in [2.24, 2.45) is 0 Å². The van der Waals surface area contributed by atoms with E-state index in [-0.39, 0.29) is 0 Å². The Morgan fingerprint density at radius 2 is 1.24 bits per heavy atom. The lowest BCUT2D eigenvalue weighted by Crippen LogP contribution is -2.39. The molecule has 0 bridgehead atoms. The lowest BCUT2D eigenvalue weighted by atomic mass is 9.93. The third-order valence-electron chi connectivity index (χ3n) is 5.50. The Hall–Kier alpha value is -0.790. The van der Waals surface area contributed by atoms with Crippen molar-refractivity contribution in [3.63, 3.8) is 0 Å². The molecule has 1 rings (SSSR count). The first-order valence-electron chi connectivity index (χ1n) is 11.3. The molecule has 0 aliphatic heterocycles. The summed E-state index contributed by atoms with van der Waals surface area (Å²) in [5, 5.41) is 0. The first-order valence-corrected chi connectivity index (χ1v) is 11.3. The molecule has 1 aromatic heterocycles. The summed E-state index contributed by atoms with van der Waals surface area (Å²) in [7, 11) is 0. The molecule has 0 saturated carbocycles. The van der Waals surface area contributed by atoms with Crippen molar-refractivity contribution in [3.05, 3.63) is 18.2 Å². The zero-order valence-electron chi connectivity index (χ0n) is 17.7. The molecule has 0 aliphatic carbocycles. The highest BCUT2D eigenvalue weighted by molar-refractivity contribution is 4.90. The van der Waals surface area contributed by atoms with E-state index in [4.69, 9.17) is 0 Å². The largest absolute Gasteiger partial charge is 0.257 e. The van der Waals surface area contributed by atoms with E-state index < -0.39 is 0 Å². The van der Waals surface area contributed by atoms with Crippen LogP contribution in [0.4, 0.5) is 0 Å². The predicted molar refractivity (Wildman–Crippen MR) is 110 cm³/mol. The number of aromatic nitrogens is 2. The number of imidazole rings is 1. The van der Waals surface area contributed by atoms with Gasteiger partial charge in [0.05, 0.1) is 12.0 Å². The van der Waals surface area contributed by atoms with E-state index in [9.17, 15) is 0 Å². The Labute approximate surface area is 157 Å². The molecule has 1 N–H and O–H groups in total. The Bertz CT molecular complexity index is 408. The second-order valence-electron chi connectivity index (χ2n) is 8.16. The fourth-order valence-electron chi connectivity index (χ4n) is 3.90. The Balaban J connectivity index is 2.43. The van der Waals surface area contributed by atoms with E-state index in [1.54, 1.807) is 0 Å². The number of nitrogens with zero attached hydrogens (tertiary/aromatic N) is 1. The zero-order valence-corrected chi connectivity index (χ0v) is 17.7. The maximum absolute atomic E-state index is 3.57. The minimum absolute atomic E-state index is 0.554. The molecule has 0 saturated heterocycles. The number of rotatable bonds is 16. The topological polar surface area (TPSA) is 19.7 Å². The zero-order chi connectivity index (χ0) is 18.3. The Morgan fingerprint density at radius 1 is 0.760 bits per heavy atom. The number of nitrogens with one attached hydrogen (secondary N) is 1. The summed E-state index contributed by atoms with van der Waals surface area (Å²) >= 11 is 0. The van der Waals surface area contributed by atoms with Crippen molar-refractivity contribution in [2.75, 3.05) is 0 Å². The highest BCUT2D eigenvalue weighted by Gasteiger charge is 2.23. The second-order valence-corrected chi connectivity index (χ2v) is 8.16. The van der Waals surface area contributed by atoms with Crippen LogP contribution >= 0.6 is 0 Å². The van der Waals surface area contributed by atoms with Gasteiger partial charge in [-0.3, -0.25) is 0 Å². The summed E-state index contributed by atoms with van der Waals surface area (Å²) in [4.78, 5) is 3.57. The minimum atomic E-state index is 0.554. The van der Waals surface area contributed by atoms with Crippen LogP contribution in [-0.4, -0.2) is 4.98 Å². The Kier molecular flexibility index (Phi) is 12.8. The molecule has 2 heteroatoms. The first-order chi connectivity index (χ1) is 12.2. The van der Waals surface area contributed by atoms with Crippen LogP contribution in [0.5, 0.6) is 0 Å². The fourth-order valence-corrected chi connectivity index (χ4v) is 3.90. The van der Waals surface area contributed by atoms with E-state index in [0.29, 0.717) is 6.04 Å². The minimum Gasteiger partial charge on any atom is -0.247 e. The van der Waals surface area contributed by atoms with Crippen molar-refractivity contribution < 1.29 is 4.57 Å². The van der Waals surface area contributed by atoms with E-state index in [1.165, 1.54) is 95.7 Å². The maximum atomic E-state index is 3.57. The van der Waals surface area contributed by atoms with Crippen LogP contribution in [0.15, 0.2) is 12.4 Å². The predicted octanol–water partition coefficient (Wildman–Crippen LogP) is 7.47. The summed E-state index contributed by atoms with van der Waals surface area (Å²) in [6, 6.07) is 0.554. The molecule has 1 atom stereocenters. The normalized spacial score (nSPS) is 12.8. The monoisotopic (exact) mass is 349 g/mol. The van der Waals surface area contributed by atoms with Gasteiger partial charge < -0.3 is 0 Å². The lowest BCUT2D eigenvalue weighted by Gasteiger charge is -2.15. The molecule has 0 fully saturated rings. The molecule has 0 aliphatic rings. The van der Waals surface area contributed by atoms with Gasteiger partial charge in [0, 0.05) is 0 Å². The highest BCUT2D eigenvalue weighted by Crippen LogP contribution is 2.26. The first kappa shape index (κ1) is 22.3. The van der Waals surface area contributed by atoms with Crippen molar-refractivity contribution in [1.82, 2.24) is 4.98 Å².